The van der Waals surface area contributed by atoms with Crippen molar-refractivity contribution in [2.75, 3.05) is 55.0 Å². The molecule has 0 bridgehead atoms. The second-order valence-corrected chi connectivity index (χ2v) is 24.6. The number of nitroso groups, excluding NO2 is 1. The molecular weight excluding hydrogens is 933 g/mol. The highest BCUT2D eigenvalue weighted by molar-refractivity contribution is 5.65. The SMILES string of the molecule is CC.CCC1(C)CCC2C(C)N(C)CCC2(c2cc(C)ccc2C)C1C.COC1=CC2(c3c(C)ccc(O)c3N=O)CCN(C)C(C)C2CC1C.COC1=CC2(c3c(C)ccc(O)c3O)CCN(C)C(C)C2CC1C. The van der Waals surface area contributed by atoms with Gasteiger partial charge in [-0.25, -0.2) is 0 Å². The first-order valence-electron chi connectivity index (χ1n) is 28.8. The summed E-state index contributed by atoms with van der Waals surface area (Å²) in [7, 11) is 10.1. The molecule has 10 heteroatoms. The molecule has 1 saturated carbocycles. The topological polar surface area (TPSA) is 118 Å². The van der Waals surface area contributed by atoms with Gasteiger partial charge in [0.25, 0.3) is 0 Å². The summed E-state index contributed by atoms with van der Waals surface area (Å²) >= 11 is 0. The van der Waals surface area contributed by atoms with Gasteiger partial charge in [-0.1, -0.05) is 90.8 Å². The lowest BCUT2D eigenvalue weighted by molar-refractivity contribution is -0.0711. The van der Waals surface area contributed by atoms with Crippen LogP contribution in [-0.4, -0.2) is 103 Å². The number of allylic oxidation sites excluding steroid dienone is 4. The van der Waals surface area contributed by atoms with E-state index in [4.69, 9.17) is 9.47 Å². The van der Waals surface area contributed by atoms with Crippen molar-refractivity contribution < 1.29 is 24.8 Å². The second kappa shape index (κ2) is 23.7. The Morgan fingerprint density at radius 1 is 0.627 bits per heavy atom. The van der Waals surface area contributed by atoms with Crippen LogP contribution in [-0.2, 0) is 25.7 Å². The fourth-order valence-electron chi connectivity index (χ4n) is 16.0. The maximum absolute atomic E-state index is 11.6. The van der Waals surface area contributed by atoms with E-state index >= 15 is 0 Å². The van der Waals surface area contributed by atoms with Crippen LogP contribution in [0.1, 0.15) is 160 Å². The molecule has 3 N–H and O–H groups in total. The summed E-state index contributed by atoms with van der Waals surface area (Å²) in [6.45, 7) is 34.7. The Labute approximate surface area is 454 Å². The Kier molecular flexibility index (Phi) is 18.9. The summed E-state index contributed by atoms with van der Waals surface area (Å²) in [6.07, 6.45) is 13.6. The van der Waals surface area contributed by atoms with Crippen molar-refractivity contribution in [1.29, 1.82) is 0 Å². The van der Waals surface area contributed by atoms with Crippen LogP contribution in [0.2, 0.25) is 0 Å². The maximum atomic E-state index is 11.6. The zero-order valence-electron chi connectivity index (χ0n) is 50.0. The van der Waals surface area contributed by atoms with Crippen molar-refractivity contribution in [2.24, 2.45) is 46.1 Å². The number of aryl methyl sites for hydroxylation is 4. The molecular formula is C65H100N4O6. The summed E-state index contributed by atoms with van der Waals surface area (Å²) in [5, 5.41) is 34.3. The number of rotatable bonds is 7. The predicted octanol–water partition coefficient (Wildman–Crippen LogP) is 14.6. The Bertz CT molecular complexity index is 2540. The summed E-state index contributed by atoms with van der Waals surface area (Å²) in [6, 6.07) is 15.5. The van der Waals surface area contributed by atoms with Gasteiger partial charge in [0.2, 0.25) is 0 Å². The van der Waals surface area contributed by atoms with Gasteiger partial charge in [0, 0.05) is 51.8 Å². The van der Waals surface area contributed by atoms with E-state index in [9.17, 15) is 20.2 Å². The fraction of sp³-hybridized carbons (Fsp3) is 0.662. The largest absolute Gasteiger partial charge is 0.506 e. The average Bonchev–Trinajstić information content (AvgIpc) is 3.40. The van der Waals surface area contributed by atoms with E-state index in [1.807, 2.05) is 39.8 Å². The van der Waals surface area contributed by atoms with Gasteiger partial charge < -0.3 is 39.5 Å². The van der Waals surface area contributed by atoms with Crippen molar-refractivity contribution in [2.45, 2.75) is 183 Å². The van der Waals surface area contributed by atoms with Crippen LogP contribution in [0.25, 0.3) is 0 Å². The van der Waals surface area contributed by atoms with E-state index < -0.39 is 0 Å². The van der Waals surface area contributed by atoms with Gasteiger partial charge in [0.1, 0.15) is 5.75 Å². The monoisotopic (exact) mass is 1030 g/mol. The van der Waals surface area contributed by atoms with Gasteiger partial charge in [-0.3, -0.25) is 0 Å². The number of benzene rings is 3. The fourth-order valence-corrected chi connectivity index (χ4v) is 16.0. The number of fused-ring (bicyclic) bond motifs is 3. The molecule has 3 aromatic carbocycles. The number of phenolic OH excluding ortho intramolecular Hbond substituents is 3. The number of methoxy groups -OCH3 is 2. The van der Waals surface area contributed by atoms with E-state index in [1.54, 1.807) is 31.9 Å². The smallest absolute Gasteiger partial charge is 0.161 e. The van der Waals surface area contributed by atoms with Crippen LogP contribution < -0.4 is 0 Å². The van der Waals surface area contributed by atoms with Crippen LogP contribution in [0, 0.1) is 73.5 Å². The highest BCUT2D eigenvalue weighted by atomic mass is 16.5. The summed E-state index contributed by atoms with van der Waals surface area (Å²) in [5.41, 5.74) is 8.73. The zero-order chi connectivity index (χ0) is 55.7. The van der Waals surface area contributed by atoms with Crippen molar-refractivity contribution in [1.82, 2.24) is 14.7 Å². The van der Waals surface area contributed by atoms with Crippen LogP contribution in [0.5, 0.6) is 17.2 Å². The van der Waals surface area contributed by atoms with E-state index in [-0.39, 0.29) is 33.8 Å². The third-order valence-electron chi connectivity index (χ3n) is 21.2. The van der Waals surface area contributed by atoms with Gasteiger partial charge >= 0.3 is 0 Å². The predicted molar refractivity (Wildman–Crippen MR) is 310 cm³/mol. The molecule has 0 radical (unpaired) electrons. The molecule has 10 nitrogen and oxygen atoms in total. The van der Waals surface area contributed by atoms with Gasteiger partial charge in [-0.05, 0) is 221 Å². The molecule has 3 saturated heterocycles. The lowest BCUT2D eigenvalue weighted by Crippen LogP contribution is -2.61. The molecule has 4 fully saturated rings. The Morgan fingerprint density at radius 2 is 1.08 bits per heavy atom. The molecule has 3 aromatic rings. The lowest BCUT2D eigenvalue weighted by atomic mass is 9.45. The van der Waals surface area contributed by atoms with E-state index in [0.717, 1.165) is 84.4 Å². The van der Waals surface area contributed by atoms with Crippen molar-refractivity contribution in [3.8, 4) is 17.2 Å². The molecule has 3 aliphatic carbocycles. The molecule has 13 atom stereocenters. The molecule has 6 aliphatic rings. The van der Waals surface area contributed by atoms with Crippen LogP contribution in [0.4, 0.5) is 5.69 Å². The molecule has 0 amide bonds. The number of aromatic hydroxyl groups is 3. The highest BCUT2D eigenvalue weighted by Crippen LogP contribution is 2.62. The van der Waals surface area contributed by atoms with Crippen molar-refractivity contribution in [3.63, 3.8) is 0 Å². The number of ether oxygens (including phenoxy) is 2. The Balaban J connectivity index is 0.000000180. The molecule has 75 heavy (non-hydrogen) atoms. The molecule has 3 heterocycles. The van der Waals surface area contributed by atoms with Crippen LogP contribution in [0.3, 0.4) is 0 Å². The first-order valence-corrected chi connectivity index (χ1v) is 28.8. The van der Waals surface area contributed by atoms with E-state index in [2.05, 4.69) is 141 Å². The lowest BCUT2D eigenvalue weighted by Gasteiger charge is -2.62. The van der Waals surface area contributed by atoms with Crippen LogP contribution in [0.15, 0.2) is 71.3 Å². The summed E-state index contributed by atoms with van der Waals surface area (Å²) in [5.74, 6) is 4.83. The molecule has 3 aliphatic heterocycles. The minimum atomic E-state index is -0.337. The number of likely N-dealkylation sites (tertiary alicyclic amines) is 3. The first-order chi connectivity index (χ1) is 35.4. The third kappa shape index (κ3) is 10.6. The average molecular weight is 1030 g/mol. The Morgan fingerprint density at radius 3 is 1.57 bits per heavy atom. The molecule has 9 rings (SSSR count). The highest BCUT2D eigenvalue weighted by Gasteiger charge is 2.58. The Hall–Kier alpha value is -4.38. The molecule has 0 aromatic heterocycles. The summed E-state index contributed by atoms with van der Waals surface area (Å²) in [4.78, 5) is 19.0. The quantitative estimate of drug-likeness (QED) is 0.157. The number of hydrogen-bond donors (Lipinski definition) is 3. The third-order valence-corrected chi connectivity index (χ3v) is 21.2. The van der Waals surface area contributed by atoms with Crippen molar-refractivity contribution in [3.05, 3.63) is 110 Å². The normalized spacial score (nSPS) is 34.7. The van der Waals surface area contributed by atoms with Gasteiger partial charge in [-0.2, -0.15) is 0 Å². The molecule has 13 unspecified atom stereocenters. The van der Waals surface area contributed by atoms with E-state index in [1.165, 1.54) is 43.4 Å². The molecule has 416 valence electrons. The minimum absolute atomic E-state index is 0.0259. The number of nitrogens with zero attached hydrogens (tertiary/aromatic N) is 4. The van der Waals surface area contributed by atoms with Crippen LogP contribution >= 0.6 is 0 Å². The van der Waals surface area contributed by atoms with Gasteiger partial charge in [0.05, 0.1) is 25.7 Å². The molecule has 0 spiro atoms. The summed E-state index contributed by atoms with van der Waals surface area (Å²) < 4.78 is 11.4. The minimum Gasteiger partial charge on any atom is -0.506 e. The van der Waals surface area contributed by atoms with Gasteiger partial charge in [0.15, 0.2) is 17.2 Å². The zero-order valence-corrected chi connectivity index (χ0v) is 50.0. The number of piperidine rings is 3. The number of hydrogen-bond acceptors (Lipinski definition) is 10. The standard InChI is InChI=1S/C23H37N.C20H28N2O3.C20H29NO3.C2H6/c1-8-22(6)12-11-20-18(4)24(7)14-13-23(20,19(22)5)21-15-16(2)9-10-17(21)3;1-12-6-7-16(23)19(21-24)18(12)20-8-9-22(4)14(3)15(20)10-13(2)17(11-20)25-5;1-12-6-7-16(22)19(23)18(12)20-8-9-21(4)14(3)15(20)10-13(2)17(11-20)24-5;1-2/h9-10,15,18-20H,8,11-14H2,1-7H3;6-7,11,13-15,23H,8-10H2,1-5H3;6-7,11,13-15,22-23H,8-10H2,1-5H3;1-2H3. The van der Waals surface area contributed by atoms with Gasteiger partial charge in [-0.15, -0.1) is 4.91 Å². The second-order valence-electron chi connectivity index (χ2n) is 24.6. The van der Waals surface area contributed by atoms with E-state index in [0.29, 0.717) is 52.6 Å². The number of phenols is 3. The first kappa shape index (κ1) is 59.9. The van der Waals surface area contributed by atoms with Crippen molar-refractivity contribution >= 4 is 5.69 Å². The maximum Gasteiger partial charge on any atom is 0.161 e.